The first-order chi connectivity index (χ1) is 11.9. The molecule has 0 bridgehead atoms. The van der Waals surface area contributed by atoms with Crippen molar-refractivity contribution in [2.24, 2.45) is 0 Å². The molecule has 0 atom stereocenters. The van der Waals surface area contributed by atoms with Crippen LogP contribution in [0.1, 0.15) is 5.76 Å². The Hall–Kier alpha value is -2.59. The van der Waals surface area contributed by atoms with Crippen molar-refractivity contribution in [3.63, 3.8) is 0 Å². The monoisotopic (exact) mass is 363 g/mol. The highest BCUT2D eigenvalue weighted by atomic mass is 32.2. The molecule has 1 aliphatic heterocycles. The second-order valence-electron chi connectivity index (χ2n) is 5.97. The van der Waals surface area contributed by atoms with Crippen LogP contribution in [0.5, 0.6) is 0 Å². The minimum Gasteiger partial charge on any atom is -0.360 e. The fourth-order valence-electron chi connectivity index (χ4n) is 2.98. The van der Waals surface area contributed by atoms with Crippen molar-refractivity contribution in [1.29, 1.82) is 0 Å². The van der Waals surface area contributed by atoms with E-state index in [0.29, 0.717) is 37.2 Å². The maximum Gasteiger partial charge on any atom is 0.323 e. The summed E-state index contributed by atoms with van der Waals surface area (Å²) >= 11 is 0. The van der Waals surface area contributed by atoms with Crippen LogP contribution in [0, 0.1) is 6.92 Å². The molecule has 0 radical (unpaired) electrons. The van der Waals surface area contributed by atoms with Gasteiger partial charge in [0.1, 0.15) is 5.76 Å². The van der Waals surface area contributed by atoms with E-state index in [4.69, 9.17) is 4.52 Å². The van der Waals surface area contributed by atoms with Crippen LogP contribution in [0.2, 0.25) is 0 Å². The number of aromatic nitrogens is 3. The van der Waals surface area contributed by atoms with E-state index in [2.05, 4.69) is 15.1 Å². The lowest BCUT2D eigenvalue weighted by molar-refractivity contribution is 0.371. The zero-order chi connectivity index (χ0) is 17.6. The number of nitrogens with one attached hydrogen (secondary N) is 2. The average molecular weight is 363 g/mol. The topological polar surface area (TPSA) is 115 Å². The van der Waals surface area contributed by atoms with E-state index in [1.54, 1.807) is 6.07 Å². The largest absolute Gasteiger partial charge is 0.360 e. The van der Waals surface area contributed by atoms with Crippen LogP contribution in [-0.2, 0) is 10.0 Å². The predicted molar refractivity (Wildman–Crippen MR) is 91.1 cm³/mol. The molecule has 2 aromatic heterocycles. The number of hydrogen-bond donors (Lipinski definition) is 2. The summed E-state index contributed by atoms with van der Waals surface area (Å²) in [7, 11) is -3.62. The van der Waals surface area contributed by atoms with Gasteiger partial charge in [-0.05, 0) is 25.1 Å². The van der Waals surface area contributed by atoms with E-state index in [0.717, 1.165) is 11.6 Å². The fraction of sp³-hybridized carbons (Fsp3) is 0.333. The first-order valence-electron chi connectivity index (χ1n) is 7.84. The first-order valence-corrected chi connectivity index (χ1v) is 9.28. The van der Waals surface area contributed by atoms with Crippen molar-refractivity contribution in [1.82, 2.24) is 19.4 Å². The number of nitrogens with zero attached hydrogens (tertiary/aromatic N) is 3. The third kappa shape index (κ3) is 2.83. The van der Waals surface area contributed by atoms with E-state index in [-0.39, 0.29) is 10.6 Å². The van der Waals surface area contributed by atoms with Gasteiger partial charge in [-0.3, -0.25) is 0 Å². The second-order valence-corrected chi connectivity index (χ2v) is 7.91. The van der Waals surface area contributed by atoms with E-state index in [1.165, 1.54) is 16.4 Å². The van der Waals surface area contributed by atoms with Crippen LogP contribution >= 0.6 is 0 Å². The number of anilines is 1. The van der Waals surface area contributed by atoms with Gasteiger partial charge < -0.3 is 19.4 Å². The minimum absolute atomic E-state index is 0.168. The minimum atomic E-state index is -3.62. The number of rotatable bonds is 3. The molecule has 0 amide bonds. The Kier molecular flexibility index (Phi) is 3.65. The number of sulfonamides is 1. The molecular weight excluding hydrogens is 346 g/mol. The van der Waals surface area contributed by atoms with Gasteiger partial charge >= 0.3 is 5.69 Å². The van der Waals surface area contributed by atoms with E-state index in [1.807, 2.05) is 17.9 Å². The average Bonchev–Trinajstić information content (AvgIpc) is 3.18. The number of aromatic amines is 2. The quantitative estimate of drug-likeness (QED) is 0.706. The van der Waals surface area contributed by atoms with Crippen LogP contribution in [0.15, 0.2) is 38.5 Å². The molecule has 4 rings (SSSR count). The number of H-pyrrole nitrogens is 2. The highest BCUT2D eigenvalue weighted by molar-refractivity contribution is 7.89. The van der Waals surface area contributed by atoms with Gasteiger partial charge in [-0.15, -0.1) is 0 Å². The predicted octanol–water partition coefficient (Wildman–Crippen LogP) is 0.664. The Morgan fingerprint density at radius 3 is 2.48 bits per heavy atom. The number of fused-ring (bicyclic) bond motifs is 1. The standard InChI is InChI=1S/C15H17N5O4S/c1-10-8-14(18-24-10)19-4-6-20(7-5-19)25(22,23)11-2-3-12-13(9-11)17-15(21)16-12/h2-3,8-9H,4-7H2,1H3,(H2,16,17,21). The van der Waals surface area contributed by atoms with Gasteiger partial charge in [0, 0.05) is 32.2 Å². The van der Waals surface area contributed by atoms with E-state index in [9.17, 15) is 13.2 Å². The van der Waals surface area contributed by atoms with Gasteiger partial charge in [0.05, 0.1) is 15.9 Å². The van der Waals surface area contributed by atoms with Crippen molar-refractivity contribution in [3.05, 3.63) is 40.5 Å². The van der Waals surface area contributed by atoms with Crippen molar-refractivity contribution in [2.45, 2.75) is 11.8 Å². The van der Waals surface area contributed by atoms with E-state index < -0.39 is 10.0 Å². The maximum atomic E-state index is 12.9. The maximum absolute atomic E-state index is 12.9. The Balaban J connectivity index is 1.55. The number of benzene rings is 1. The van der Waals surface area contributed by atoms with E-state index >= 15 is 0 Å². The number of imidazole rings is 1. The van der Waals surface area contributed by atoms with Crippen LogP contribution in [0.25, 0.3) is 11.0 Å². The summed E-state index contributed by atoms with van der Waals surface area (Å²) in [6, 6.07) is 6.42. The van der Waals surface area contributed by atoms with Crippen LogP contribution in [0.3, 0.4) is 0 Å². The molecule has 25 heavy (non-hydrogen) atoms. The molecular formula is C15H17N5O4S. The first kappa shape index (κ1) is 15.9. The van der Waals surface area contributed by atoms with Gasteiger partial charge in [0.15, 0.2) is 5.82 Å². The molecule has 0 saturated carbocycles. The summed E-state index contributed by atoms with van der Waals surface area (Å²) in [5, 5.41) is 3.97. The third-order valence-corrected chi connectivity index (χ3v) is 6.20. The molecule has 0 spiro atoms. The SMILES string of the molecule is Cc1cc(N2CCN(S(=O)(=O)c3ccc4[nH]c(=O)[nH]c4c3)CC2)no1. The summed E-state index contributed by atoms with van der Waals surface area (Å²) < 4.78 is 32.2. The van der Waals surface area contributed by atoms with Gasteiger partial charge in [0.2, 0.25) is 10.0 Å². The van der Waals surface area contributed by atoms with Crippen molar-refractivity contribution in [3.8, 4) is 0 Å². The molecule has 1 saturated heterocycles. The third-order valence-electron chi connectivity index (χ3n) is 4.30. The molecule has 10 heteroatoms. The summed E-state index contributed by atoms with van der Waals surface area (Å²) in [6.07, 6.45) is 0. The molecule has 0 aliphatic carbocycles. The molecule has 0 unspecified atom stereocenters. The zero-order valence-electron chi connectivity index (χ0n) is 13.5. The molecule has 1 aliphatic rings. The van der Waals surface area contributed by atoms with Crippen LogP contribution in [0.4, 0.5) is 5.82 Å². The molecule has 1 aromatic carbocycles. The van der Waals surface area contributed by atoms with Crippen LogP contribution in [-0.4, -0.2) is 54.0 Å². The molecule has 1 fully saturated rings. The second kappa shape index (κ2) is 5.74. The fourth-order valence-corrected chi connectivity index (χ4v) is 4.43. The summed E-state index contributed by atoms with van der Waals surface area (Å²) in [4.78, 5) is 18.7. The number of piperazine rings is 1. The molecule has 2 N–H and O–H groups in total. The summed E-state index contributed by atoms with van der Waals surface area (Å²) in [5.74, 6) is 1.44. The van der Waals surface area contributed by atoms with Crippen molar-refractivity contribution < 1.29 is 12.9 Å². The lowest BCUT2D eigenvalue weighted by Gasteiger charge is -2.33. The van der Waals surface area contributed by atoms with Gasteiger partial charge in [0.25, 0.3) is 0 Å². The number of aryl methyl sites for hydroxylation is 1. The normalized spacial score (nSPS) is 16.6. The molecule has 3 aromatic rings. The summed E-state index contributed by atoms with van der Waals surface area (Å²) in [6.45, 7) is 3.60. The lowest BCUT2D eigenvalue weighted by atomic mass is 10.3. The van der Waals surface area contributed by atoms with Crippen molar-refractivity contribution >= 4 is 26.9 Å². The smallest absolute Gasteiger partial charge is 0.323 e. The van der Waals surface area contributed by atoms with Gasteiger partial charge in [-0.25, -0.2) is 13.2 Å². The van der Waals surface area contributed by atoms with Crippen molar-refractivity contribution in [2.75, 3.05) is 31.1 Å². The Morgan fingerprint density at radius 1 is 1.08 bits per heavy atom. The zero-order valence-corrected chi connectivity index (χ0v) is 14.3. The molecule has 132 valence electrons. The molecule has 3 heterocycles. The van der Waals surface area contributed by atoms with Gasteiger partial charge in [-0.2, -0.15) is 4.31 Å². The highest BCUT2D eigenvalue weighted by Gasteiger charge is 2.29. The Bertz CT molecular complexity index is 1070. The van der Waals surface area contributed by atoms with Crippen LogP contribution < -0.4 is 10.6 Å². The number of hydrogen-bond acceptors (Lipinski definition) is 6. The Morgan fingerprint density at radius 2 is 1.80 bits per heavy atom. The summed E-state index contributed by atoms with van der Waals surface area (Å²) in [5.41, 5.74) is 0.694. The molecule has 9 nitrogen and oxygen atoms in total. The van der Waals surface area contributed by atoms with Gasteiger partial charge in [-0.1, -0.05) is 5.16 Å². The lowest BCUT2D eigenvalue weighted by Crippen LogP contribution is -2.48. The Labute approximate surface area is 143 Å². The highest BCUT2D eigenvalue weighted by Crippen LogP contribution is 2.22.